The van der Waals surface area contributed by atoms with Gasteiger partial charge in [-0.1, -0.05) is 12.1 Å². The molecule has 3 rings (SSSR count). The van der Waals surface area contributed by atoms with Gasteiger partial charge in [-0.25, -0.2) is 0 Å². The minimum absolute atomic E-state index is 0.280. The Labute approximate surface area is 131 Å². The highest BCUT2D eigenvalue weighted by atomic mass is 16.5. The van der Waals surface area contributed by atoms with Gasteiger partial charge in [-0.15, -0.1) is 0 Å². The van der Waals surface area contributed by atoms with Crippen molar-refractivity contribution in [2.24, 2.45) is 0 Å². The molecule has 0 radical (unpaired) electrons. The summed E-state index contributed by atoms with van der Waals surface area (Å²) in [6.07, 6.45) is 2.80. The molecule has 0 aliphatic carbocycles. The van der Waals surface area contributed by atoms with Gasteiger partial charge in [0, 0.05) is 18.7 Å². The first-order valence-corrected chi connectivity index (χ1v) is 7.64. The number of pyridine rings is 1. The van der Waals surface area contributed by atoms with Crippen LogP contribution < -0.4 is 9.47 Å². The van der Waals surface area contributed by atoms with Crippen LogP contribution in [0, 0.1) is 0 Å². The molecule has 1 aliphatic rings. The van der Waals surface area contributed by atoms with Crippen molar-refractivity contribution in [1.29, 1.82) is 0 Å². The van der Waals surface area contributed by atoms with Crippen molar-refractivity contribution in [2.45, 2.75) is 25.4 Å². The summed E-state index contributed by atoms with van der Waals surface area (Å²) in [6.45, 7) is 2.96. The first kappa shape index (κ1) is 14.9. The number of nitrogens with zero attached hydrogens (tertiary/aromatic N) is 2. The van der Waals surface area contributed by atoms with Crippen LogP contribution >= 0.6 is 0 Å². The van der Waals surface area contributed by atoms with Gasteiger partial charge in [0.2, 0.25) is 0 Å². The van der Waals surface area contributed by atoms with E-state index in [4.69, 9.17) is 9.47 Å². The molecule has 0 unspecified atom stereocenters. The Morgan fingerprint density at radius 1 is 1.27 bits per heavy atom. The minimum Gasteiger partial charge on any atom is -0.497 e. The third-order valence-electron chi connectivity index (χ3n) is 4.46. The molecule has 0 spiro atoms. The smallest absolute Gasteiger partial charge is 0.142 e. The highest BCUT2D eigenvalue weighted by molar-refractivity contribution is 5.33. The van der Waals surface area contributed by atoms with E-state index in [1.807, 2.05) is 30.5 Å². The molecule has 2 heterocycles. The van der Waals surface area contributed by atoms with Gasteiger partial charge in [0.25, 0.3) is 0 Å². The van der Waals surface area contributed by atoms with E-state index < -0.39 is 0 Å². The number of ether oxygens (including phenoxy) is 2. The first-order chi connectivity index (χ1) is 10.7. The second-order valence-corrected chi connectivity index (χ2v) is 5.65. The van der Waals surface area contributed by atoms with Gasteiger partial charge in [-0.05, 0) is 43.8 Å². The molecular weight excluding hydrogens is 276 g/mol. The third-order valence-corrected chi connectivity index (χ3v) is 4.46. The molecule has 2 atom stereocenters. The zero-order valence-electron chi connectivity index (χ0n) is 13.3. The summed E-state index contributed by atoms with van der Waals surface area (Å²) in [5.41, 5.74) is 2.31. The molecule has 0 bridgehead atoms. The SMILES string of the molecule is COc1ccc([C@H](C)N(C)[C@H]2CCOc3cccnc32)cc1. The zero-order valence-corrected chi connectivity index (χ0v) is 13.3. The summed E-state index contributed by atoms with van der Waals surface area (Å²) in [6, 6.07) is 12.8. The van der Waals surface area contributed by atoms with E-state index >= 15 is 0 Å². The number of aromatic nitrogens is 1. The van der Waals surface area contributed by atoms with E-state index in [2.05, 4.69) is 36.0 Å². The van der Waals surface area contributed by atoms with Crippen LogP contribution in [0.4, 0.5) is 0 Å². The molecule has 0 saturated carbocycles. The van der Waals surface area contributed by atoms with E-state index in [-0.39, 0.29) is 6.04 Å². The Bertz CT molecular complexity index is 627. The molecule has 2 aromatic rings. The maximum absolute atomic E-state index is 5.71. The van der Waals surface area contributed by atoms with Crippen molar-refractivity contribution < 1.29 is 9.47 Å². The summed E-state index contributed by atoms with van der Waals surface area (Å²) in [7, 11) is 3.85. The second-order valence-electron chi connectivity index (χ2n) is 5.65. The molecule has 116 valence electrons. The van der Waals surface area contributed by atoms with Crippen molar-refractivity contribution in [2.75, 3.05) is 20.8 Å². The lowest BCUT2D eigenvalue weighted by Gasteiger charge is -2.36. The average molecular weight is 298 g/mol. The van der Waals surface area contributed by atoms with E-state index in [1.165, 1.54) is 5.56 Å². The summed E-state index contributed by atoms with van der Waals surface area (Å²) in [5, 5.41) is 0. The molecule has 22 heavy (non-hydrogen) atoms. The molecule has 0 amide bonds. The molecule has 0 saturated heterocycles. The lowest BCUT2D eigenvalue weighted by atomic mass is 10.00. The van der Waals surface area contributed by atoms with Crippen molar-refractivity contribution in [3.8, 4) is 11.5 Å². The maximum Gasteiger partial charge on any atom is 0.142 e. The van der Waals surface area contributed by atoms with Crippen molar-refractivity contribution in [3.05, 3.63) is 53.9 Å². The van der Waals surface area contributed by atoms with Crippen LogP contribution in [0.1, 0.15) is 36.7 Å². The Hall–Kier alpha value is -2.07. The molecular formula is C18H22N2O2. The van der Waals surface area contributed by atoms with E-state index in [0.717, 1.165) is 30.2 Å². The Kier molecular flexibility index (Phi) is 4.29. The van der Waals surface area contributed by atoms with Gasteiger partial charge in [0.05, 0.1) is 25.5 Å². The highest BCUT2D eigenvalue weighted by Crippen LogP contribution is 2.37. The van der Waals surface area contributed by atoms with Gasteiger partial charge in [-0.2, -0.15) is 0 Å². The van der Waals surface area contributed by atoms with Crippen molar-refractivity contribution in [3.63, 3.8) is 0 Å². The highest BCUT2D eigenvalue weighted by Gasteiger charge is 2.29. The molecule has 4 nitrogen and oxygen atoms in total. The number of benzene rings is 1. The molecule has 0 N–H and O–H groups in total. The summed E-state index contributed by atoms with van der Waals surface area (Å²) >= 11 is 0. The number of hydrogen-bond acceptors (Lipinski definition) is 4. The topological polar surface area (TPSA) is 34.6 Å². The van der Waals surface area contributed by atoms with Crippen LogP contribution in [0.2, 0.25) is 0 Å². The fourth-order valence-corrected chi connectivity index (χ4v) is 2.98. The van der Waals surface area contributed by atoms with Gasteiger partial charge in [-0.3, -0.25) is 9.88 Å². The Morgan fingerprint density at radius 3 is 2.77 bits per heavy atom. The van der Waals surface area contributed by atoms with E-state index in [1.54, 1.807) is 7.11 Å². The molecule has 0 fully saturated rings. The molecule has 4 heteroatoms. The Morgan fingerprint density at radius 2 is 2.05 bits per heavy atom. The largest absolute Gasteiger partial charge is 0.497 e. The summed E-state index contributed by atoms with van der Waals surface area (Å²) < 4.78 is 10.9. The van der Waals surface area contributed by atoms with Crippen LogP contribution in [0.15, 0.2) is 42.6 Å². The van der Waals surface area contributed by atoms with Gasteiger partial charge in [0.15, 0.2) is 0 Å². The van der Waals surface area contributed by atoms with Crippen LogP contribution in [-0.2, 0) is 0 Å². The predicted molar refractivity (Wildman–Crippen MR) is 86.3 cm³/mol. The monoisotopic (exact) mass is 298 g/mol. The summed E-state index contributed by atoms with van der Waals surface area (Å²) in [5.74, 6) is 1.80. The number of fused-ring (bicyclic) bond motifs is 1. The van der Waals surface area contributed by atoms with E-state index in [0.29, 0.717) is 6.04 Å². The fraction of sp³-hybridized carbons (Fsp3) is 0.389. The van der Waals surface area contributed by atoms with Crippen LogP contribution in [-0.4, -0.2) is 30.6 Å². The minimum atomic E-state index is 0.280. The quantitative estimate of drug-likeness (QED) is 0.863. The third kappa shape index (κ3) is 2.79. The zero-order chi connectivity index (χ0) is 15.5. The maximum atomic E-state index is 5.71. The van der Waals surface area contributed by atoms with E-state index in [9.17, 15) is 0 Å². The standard InChI is InChI=1S/C18H22N2O2/c1-13(14-6-8-15(21-3)9-7-14)20(2)16-10-12-22-17-5-4-11-19-18(16)17/h4-9,11,13,16H,10,12H2,1-3H3/t13-,16-/m0/s1. The lowest BCUT2D eigenvalue weighted by Crippen LogP contribution is -2.32. The lowest BCUT2D eigenvalue weighted by molar-refractivity contribution is 0.128. The normalized spacial score (nSPS) is 18.5. The van der Waals surface area contributed by atoms with Crippen molar-refractivity contribution in [1.82, 2.24) is 9.88 Å². The van der Waals surface area contributed by atoms with Gasteiger partial charge >= 0.3 is 0 Å². The van der Waals surface area contributed by atoms with Gasteiger partial charge in [0.1, 0.15) is 11.5 Å². The molecule has 1 aromatic carbocycles. The first-order valence-electron chi connectivity index (χ1n) is 7.64. The molecule has 1 aromatic heterocycles. The van der Waals surface area contributed by atoms with Crippen LogP contribution in [0.25, 0.3) is 0 Å². The molecule has 1 aliphatic heterocycles. The average Bonchev–Trinajstić information content (AvgIpc) is 2.60. The Balaban J connectivity index is 1.82. The second kappa shape index (κ2) is 6.36. The fourth-order valence-electron chi connectivity index (χ4n) is 2.98. The predicted octanol–water partition coefficient (Wildman–Crippen LogP) is 3.61. The number of rotatable bonds is 4. The number of hydrogen-bond donors (Lipinski definition) is 0. The van der Waals surface area contributed by atoms with Crippen molar-refractivity contribution >= 4 is 0 Å². The van der Waals surface area contributed by atoms with Crippen LogP contribution in [0.5, 0.6) is 11.5 Å². The summed E-state index contributed by atoms with van der Waals surface area (Å²) in [4.78, 5) is 6.91. The number of methoxy groups -OCH3 is 1. The van der Waals surface area contributed by atoms with Gasteiger partial charge < -0.3 is 9.47 Å². The van der Waals surface area contributed by atoms with Crippen LogP contribution in [0.3, 0.4) is 0 Å².